The number of aliphatic imine (C=N–C) groups is 1. The van der Waals surface area contributed by atoms with Gasteiger partial charge in [-0.3, -0.25) is 0 Å². The van der Waals surface area contributed by atoms with Crippen LogP contribution in [0.4, 0.5) is 0 Å². The second kappa shape index (κ2) is 6.90. The number of para-hydroxylation sites is 1. The number of guanidine groups is 1. The van der Waals surface area contributed by atoms with E-state index in [1.54, 1.807) is 0 Å². The first-order valence-electron chi connectivity index (χ1n) is 9.39. The molecule has 25 heavy (non-hydrogen) atoms. The maximum atomic E-state index is 4.96. The highest BCUT2D eigenvalue weighted by Gasteiger charge is 2.43. The van der Waals surface area contributed by atoms with Crippen LogP contribution in [0.25, 0.3) is 5.69 Å². The van der Waals surface area contributed by atoms with Crippen molar-refractivity contribution >= 4 is 5.96 Å². The first-order chi connectivity index (χ1) is 12.3. The molecule has 1 aliphatic heterocycles. The topological polar surface area (TPSA) is 45.5 Å². The molecule has 2 aromatic rings. The molecule has 4 rings (SSSR count). The number of benzene rings is 1. The van der Waals surface area contributed by atoms with Crippen molar-refractivity contribution in [2.45, 2.75) is 39.2 Å². The average Bonchev–Trinajstić information content (AvgIpc) is 3.28. The van der Waals surface area contributed by atoms with Crippen LogP contribution < -0.4 is 5.32 Å². The number of hydrogen-bond donors (Lipinski definition) is 1. The lowest BCUT2D eigenvalue weighted by molar-refractivity contribution is 0.151. The van der Waals surface area contributed by atoms with Crippen molar-refractivity contribution in [3.63, 3.8) is 0 Å². The van der Waals surface area contributed by atoms with Gasteiger partial charge in [-0.2, -0.15) is 0 Å². The Hall–Kier alpha value is -2.30. The minimum absolute atomic E-state index is 0.588. The predicted octanol–water partition coefficient (Wildman–Crippen LogP) is 3.21. The van der Waals surface area contributed by atoms with Crippen LogP contribution >= 0.6 is 0 Å². The molecule has 2 heterocycles. The van der Waals surface area contributed by atoms with Crippen molar-refractivity contribution in [2.24, 2.45) is 10.4 Å². The molecule has 1 N–H and O–H groups in total. The summed E-state index contributed by atoms with van der Waals surface area (Å²) in [6.07, 6.45) is 11.1. The third-order valence-electron chi connectivity index (χ3n) is 5.66. The van der Waals surface area contributed by atoms with Gasteiger partial charge in [-0.25, -0.2) is 9.98 Å². The van der Waals surface area contributed by atoms with E-state index in [-0.39, 0.29) is 0 Å². The summed E-state index contributed by atoms with van der Waals surface area (Å²) >= 11 is 0. The number of nitrogens with one attached hydrogen (secondary N) is 1. The lowest BCUT2D eigenvalue weighted by Crippen LogP contribution is -2.42. The van der Waals surface area contributed by atoms with Crippen LogP contribution in [0.5, 0.6) is 0 Å². The Bertz CT molecular complexity index is 730. The summed E-state index contributed by atoms with van der Waals surface area (Å²) in [6, 6.07) is 8.42. The van der Waals surface area contributed by atoms with Crippen LogP contribution in [-0.2, 0) is 6.54 Å². The van der Waals surface area contributed by atoms with E-state index in [1.807, 2.05) is 18.7 Å². The molecule has 1 aromatic carbocycles. The average molecular weight is 337 g/mol. The zero-order valence-corrected chi connectivity index (χ0v) is 15.0. The minimum atomic E-state index is 0.588. The van der Waals surface area contributed by atoms with Gasteiger partial charge < -0.3 is 14.8 Å². The molecule has 0 amide bonds. The summed E-state index contributed by atoms with van der Waals surface area (Å²) in [5, 5.41) is 3.49. The zero-order chi connectivity index (χ0) is 17.1. The fourth-order valence-corrected chi connectivity index (χ4v) is 4.08. The summed E-state index contributed by atoms with van der Waals surface area (Å²) < 4.78 is 2.05. The van der Waals surface area contributed by atoms with Gasteiger partial charge >= 0.3 is 0 Å². The Morgan fingerprint density at radius 2 is 2.16 bits per heavy atom. The van der Waals surface area contributed by atoms with E-state index < -0.39 is 0 Å². The van der Waals surface area contributed by atoms with Gasteiger partial charge in [0.2, 0.25) is 0 Å². The number of aromatic nitrogens is 2. The monoisotopic (exact) mass is 337 g/mol. The number of nitrogens with zero attached hydrogens (tertiary/aromatic N) is 4. The van der Waals surface area contributed by atoms with Crippen LogP contribution in [0.3, 0.4) is 0 Å². The highest BCUT2D eigenvalue weighted by atomic mass is 15.3. The third-order valence-corrected chi connectivity index (χ3v) is 5.66. The van der Waals surface area contributed by atoms with Crippen molar-refractivity contribution in [3.8, 4) is 5.69 Å². The molecule has 1 saturated carbocycles. The Morgan fingerprint density at radius 1 is 1.28 bits per heavy atom. The molecule has 0 atom stereocenters. The molecular weight excluding hydrogens is 310 g/mol. The van der Waals surface area contributed by atoms with Gasteiger partial charge in [-0.05, 0) is 43.2 Å². The highest BCUT2D eigenvalue weighted by molar-refractivity contribution is 5.80. The van der Waals surface area contributed by atoms with Crippen molar-refractivity contribution in [1.29, 1.82) is 0 Å². The first kappa shape index (κ1) is 16.2. The predicted molar refractivity (Wildman–Crippen MR) is 101 cm³/mol. The second-order valence-electron chi connectivity index (χ2n) is 7.29. The molecule has 1 aromatic heterocycles. The van der Waals surface area contributed by atoms with Gasteiger partial charge in [0.05, 0.1) is 18.6 Å². The van der Waals surface area contributed by atoms with Crippen LogP contribution in [0.15, 0.2) is 48.0 Å². The maximum absolute atomic E-state index is 4.96. The van der Waals surface area contributed by atoms with E-state index in [4.69, 9.17) is 4.99 Å². The Morgan fingerprint density at radius 3 is 2.84 bits per heavy atom. The quantitative estimate of drug-likeness (QED) is 0.688. The molecule has 0 radical (unpaired) electrons. The molecule has 1 saturated heterocycles. The molecule has 0 unspecified atom stereocenters. The van der Waals surface area contributed by atoms with Crippen molar-refractivity contribution < 1.29 is 0 Å². The van der Waals surface area contributed by atoms with Gasteiger partial charge in [0.15, 0.2) is 5.96 Å². The largest absolute Gasteiger partial charge is 0.357 e. The summed E-state index contributed by atoms with van der Waals surface area (Å²) in [4.78, 5) is 11.6. The molecule has 1 spiro atoms. The fourth-order valence-electron chi connectivity index (χ4n) is 4.08. The lowest BCUT2D eigenvalue weighted by Gasteiger charge is -2.38. The summed E-state index contributed by atoms with van der Waals surface area (Å²) in [7, 11) is 0. The summed E-state index contributed by atoms with van der Waals surface area (Å²) in [5.74, 6) is 1.06. The van der Waals surface area contributed by atoms with Crippen LogP contribution in [0.2, 0.25) is 0 Å². The summed E-state index contributed by atoms with van der Waals surface area (Å²) in [6.45, 7) is 6.03. The zero-order valence-electron chi connectivity index (χ0n) is 15.0. The second-order valence-corrected chi connectivity index (χ2v) is 7.29. The van der Waals surface area contributed by atoms with E-state index in [1.165, 1.54) is 37.8 Å². The number of likely N-dealkylation sites (tertiary alicyclic amines) is 1. The van der Waals surface area contributed by atoms with E-state index in [0.717, 1.165) is 24.7 Å². The molecule has 2 fully saturated rings. The van der Waals surface area contributed by atoms with Gasteiger partial charge in [0.25, 0.3) is 0 Å². The van der Waals surface area contributed by atoms with Crippen LogP contribution in [0, 0.1) is 5.41 Å². The smallest absolute Gasteiger partial charge is 0.194 e. The standard InChI is InChI=1S/C20H27N5/c1-2-22-19(24-12-10-20(15-24)8-5-9-20)23-14-17-6-3-4-7-18(17)25-13-11-21-16-25/h3-4,6-7,11,13,16H,2,5,8-10,12,14-15H2,1H3,(H,22,23). The Labute approximate surface area is 149 Å². The van der Waals surface area contributed by atoms with E-state index in [2.05, 4.69) is 51.0 Å². The van der Waals surface area contributed by atoms with Crippen molar-refractivity contribution in [3.05, 3.63) is 48.5 Å². The molecule has 2 aliphatic rings. The maximum Gasteiger partial charge on any atom is 0.194 e. The fraction of sp³-hybridized carbons (Fsp3) is 0.500. The molecule has 5 heteroatoms. The molecule has 5 nitrogen and oxygen atoms in total. The SMILES string of the molecule is CCNC(=NCc1ccccc1-n1ccnc1)N1CCC2(CCC2)C1. The van der Waals surface area contributed by atoms with E-state index in [0.29, 0.717) is 12.0 Å². The lowest BCUT2D eigenvalue weighted by atomic mass is 9.68. The third kappa shape index (κ3) is 3.28. The van der Waals surface area contributed by atoms with Crippen molar-refractivity contribution in [1.82, 2.24) is 19.8 Å². The van der Waals surface area contributed by atoms with Gasteiger partial charge in [-0.1, -0.05) is 24.6 Å². The summed E-state index contributed by atoms with van der Waals surface area (Å²) in [5.41, 5.74) is 2.95. The highest BCUT2D eigenvalue weighted by Crippen LogP contribution is 2.47. The Kier molecular flexibility index (Phi) is 4.47. The molecule has 132 valence electrons. The number of hydrogen-bond acceptors (Lipinski definition) is 2. The molecular formula is C20H27N5. The molecule has 0 bridgehead atoms. The minimum Gasteiger partial charge on any atom is -0.357 e. The van der Waals surface area contributed by atoms with Gasteiger partial charge in [-0.15, -0.1) is 0 Å². The number of imidazole rings is 1. The first-order valence-corrected chi connectivity index (χ1v) is 9.39. The normalized spacial score (nSPS) is 19.2. The Balaban J connectivity index is 1.53. The van der Waals surface area contributed by atoms with E-state index in [9.17, 15) is 0 Å². The van der Waals surface area contributed by atoms with Gasteiger partial charge in [0.1, 0.15) is 0 Å². The molecule has 1 aliphatic carbocycles. The van der Waals surface area contributed by atoms with Crippen molar-refractivity contribution in [2.75, 3.05) is 19.6 Å². The number of rotatable bonds is 4. The van der Waals surface area contributed by atoms with Crippen LogP contribution in [0.1, 0.15) is 38.2 Å². The van der Waals surface area contributed by atoms with E-state index >= 15 is 0 Å². The van der Waals surface area contributed by atoms with Crippen LogP contribution in [-0.4, -0.2) is 40.0 Å². The van der Waals surface area contributed by atoms with Gasteiger partial charge in [0, 0.05) is 32.0 Å².